The average molecular weight is 276 g/mol. The van der Waals surface area contributed by atoms with Gasteiger partial charge in [0.15, 0.2) is 0 Å². The Morgan fingerprint density at radius 3 is 3.00 bits per heavy atom. The van der Waals surface area contributed by atoms with Crippen LogP contribution in [0.25, 0.3) is 0 Å². The van der Waals surface area contributed by atoms with E-state index in [-0.39, 0.29) is 24.3 Å². The largest absolute Gasteiger partial charge is 0.406 e. The number of nitrogens with one attached hydrogen (secondary N) is 2. The Kier molecular flexibility index (Phi) is 4.08. The summed E-state index contributed by atoms with van der Waals surface area (Å²) in [7, 11) is 0. The van der Waals surface area contributed by atoms with Crippen molar-refractivity contribution in [1.82, 2.24) is 20.2 Å². The second kappa shape index (κ2) is 5.60. The van der Waals surface area contributed by atoms with Crippen LogP contribution in [0.4, 0.5) is 13.2 Å². The van der Waals surface area contributed by atoms with E-state index < -0.39 is 12.7 Å². The summed E-state index contributed by atoms with van der Waals surface area (Å²) in [5.41, 5.74) is 0. The highest BCUT2D eigenvalue weighted by molar-refractivity contribution is 5.81. The molecule has 0 aromatic carbocycles. The van der Waals surface area contributed by atoms with E-state index in [0.29, 0.717) is 0 Å². The van der Waals surface area contributed by atoms with Gasteiger partial charge in [0.1, 0.15) is 12.4 Å². The van der Waals surface area contributed by atoms with Crippen LogP contribution in [0.5, 0.6) is 0 Å². The Hall–Kier alpha value is -1.57. The molecule has 1 saturated heterocycles. The lowest BCUT2D eigenvalue weighted by molar-refractivity contribution is -0.141. The third-order valence-electron chi connectivity index (χ3n) is 2.95. The molecule has 19 heavy (non-hydrogen) atoms. The van der Waals surface area contributed by atoms with Crippen LogP contribution < -0.4 is 10.6 Å². The van der Waals surface area contributed by atoms with Crippen LogP contribution in [0.3, 0.4) is 0 Å². The molecule has 2 heterocycles. The molecule has 1 amide bonds. The zero-order chi connectivity index (χ0) is 13.9. The Balaban J connectivity index is 1.89. The number of rotatable bonds is 4. The fourth-order valence-electron chi connectivity index (χ4n) is 2.04. The number of alkyl halides is 3. The van der Waals surface area contributed by atoms with Gasteiger partial charge >= 0.3 is 6.18 Å². The van der Waals surface area contributed by atoms with Gasteiger partial charge in [0.2, 0.25) is 5.91 Å². The summed E-state index contributed by atoms with van der Waals surface area (Å²) in [6, 6.07) is -0.244. The van der Waals surface area contributed by atoms with Crippen molar-refractivity contribution < 1.29 is 18.0 Å². The van der Waals surface area contributed by atoms with Gasteiger partial charge in [-0.1, -0.05) is 0 Å². The molecule has 106 valence electrons. The molecule has 1 unspecified atom stereocenters. The highest BCUT2D eigenvalue weighted by atomic mass is 19.4. The molecule has 0 aliphatic carbocycles. The minimum atomic E-state index is -4.30. The minimum absolute atomic E-state index is 0.0000926. The zero-order valence-electron chi connectivity index (χ0n) is 10.2. The molecule has 1 atom stereocenters. The van der Waals surface area contributed by atoms with E-state index in [9.17, 15) is 18.0 Å². The van der Waals surface area contributed by atoms with Crippen molar-refractivity contribution in [2.75, 3.05) is 6.54 Å². The number of aromatic nitrogens is 2. The summed E-state index contributed by atoms with van der Waals surface area (Å²) in [6.07, 6.45) is -0.0695. The summed E-state index contributed by atoms with van der Waals surface area (Å²) in [4.78, 5) is 15.5. The molecule has 2 rings (SSSR count). The fourth-order valence-corrected chi connectivity index (χ4v) is 2.04. The highest BCUT2D eigenvalue weighted by Crippen LogP contribution is 2.18. The van der Waals surface area contributed by atoms with Crippen molar-refractivity contribution in [3.05, 3.63) is 18.2 Å². The fraction of sp³-hybridized carbons (Fsp3) is 0.636. The molecular formula is C11H15F3N4O. The van der Waals surface area contributed by atoms with Crippen LogP contribution in [-0.4, -0.2) is 34.2 Å². The molecule has 1 aliphatic heterocycles. The predicted octanol–water partition coefficient (Wildman–Crippen LogP) is 0.814. The molecule has 8 heteroatoms. The summed E-state index contributed by atoms with van der Waals surface area (Å²) < 4.78 is 37.9. The molecule has 0 radical (unpaired) electrons. The van der Waals surface area contributed by atoms with Crippen molar-refractivity contribution >= 4 is 5.91 Å². The molecule has 1 aromatic heterocycles. The highest BCUT2D eigenvalue weighted by Gasteiger charge is 2.29. The number of imidazole rings is 1. The summed E-state index contributed by atoms with van der Waals surface area (Å²) in [6.45, 7) is -0.305. The van der Waals surface area contributed by atoms with Gasteiger partial charge in [0, 0.05) is 12.4 Å². The lowest BCUT2D eigenvalue weighted by Crippen LogP contribution is -2.40. The molecular weight excluding hydrogens is 261 g/mol. The van der Waals surface area contributed by atoms with Crippen molar-refractivity contribution in [3.8, 4) is 0 Å². The first-order valence-corrected chi connectivity index (χ1v) is 6.03. The maximum absolute atomic E-state index is 12.3. The second-order valence-corrected chi connectivity index (χ2v) is 4.45. The first-order valence-electron chi connectivity index (χ1n) is 6.03. The number of nitrogens with zero attached hydrogens (tertiary/aromatic N) is 2. The third-order valence-corrected chi connectivity index (χ3v) is 2.95. The first-order chi connectivity index (χ1) is 8.96. The van der Waals surface area contributed by atoms with Crippen LogP contribution in [0.15, 0.2) is 12.4 Å². The Morgan fingerprint density at radius 1 is 1.58 bits per heavy atom. The number of hydrogen-bond donors (Lipinski definition) is 2. The number of hydrogen-bond acceptors (Lipinski definition) is 3. The minimum Gasteiger partial charge on any atom is -0.348 e. The van der Waals surface area contributed by atoms with Crippen molar-refractivity contribution in [2.24, 2.45) is 0 Å². The molecule has 2 N–H and O–H groups in total. The lowest BCUT2D eigenvalue weighted by Gasteiger charge is -2.13. The van der Waals surface area contributed by atoms with E-state index in [1.807, 2.05) is 0 Å². The number of halogens is 3. The Bertz CT molecular complexity index is 437. The van der Waals surface area contributed by atoms with Crippen molar-refractivity contribution in [1.29, 1.82) is 0 Å². The number of amides is 1. The van der Waals surface area contributed by atoms with Gasteiger partial charge in [0.05, 0.1) is 12.6 Å². The molecule has 1 aliphatic rings. The average Bonchev–Trinajstić information content (AvgIpc) is 2.94. The van der Waals surface area contributed by atoms with Gasteiger partial charge in [-0.3, -0.25) is 4.79 Å². The Morgan fingerprint density at radius 2 is 2.37 bits per heavy atom. The SMILES string of the molecule is O=C(NCc1nccn1CC(F)(F)F)C1CCCN1. The van der Waals surface area contributed by atoms with E-state index in [1.54, 1.807) is 0 Å². The molecule has 1 fully saturated rings. The zero-order valence-corrected chi connectivity index (χ0v) is 10.2. The van der Waals surface area contributed by atoms with Crippen LogP contribution >= 0.6 is 0 Å². The molecule has 5 nitrogen and oxygen atoms in total. The van der Waals surface area contributed by atoms with Crippen LogP contribution in [0.2, 0.25) is 0 Å². The summed E-state index contributed by atoms with van der Waals surface area (Å²) in [5.74, 6) is 0.00253. The molecule has 0 spiro atoms. The van der Waals surface area contributed by atoms with Crippen LogP contribution in [0, 0.1) is 0 Å². The van der Waals surface area contributed by atoms with Crippen LogP contribution in [-0.2, 0) is 17.9 Å². The predicted molar refractivity (Wildman–Crippen MR) is 61.2 cm³/mol. The van der Waals surface area contributed by atoms with E-state index in [2.05, 4.69) is 15.6 Å². The van der Waals surface area contributed by atoms with Gasteiger partial charge in [-0.15, -0.1) is 0 Å². The standard InChI is InChI=1S/C11H15F3N4O/c12-11(13,14)7-18-5-4-16-9(18)6-17-10(19)8-2-1-3-15-8/h4-5,8,15H,1-3,6-7H2,(H,17,19). The maximum atomic E-state index is 12.3. The topological polar surface area (TPSA) is 59.0 Å². The smallest absolute Gasteiger partial charge is 0.348 e. The van der Waals surface area contributed by atoms with Gasteiger partial charge in [-0.05, 0) is 19.4 Å². The monoisotopic (exact) mass is 276 g/mol. The quantitative estimate of drug-likeness (QED) is 0.855. The normalized spacial score (nSPS) is 19.6. The number of carbonyl (C=O) groups is 1. The molecule has 0 saturated carbocycles. The first kappa shape index (κ1) is 13.9. The van der Waals surface area contributed by atoms with E-state index in [1.165, 1.54) is 12.4 Å². The summed E-state index contributed by atoms with van der Waals surface area (Å²) >= 11 is 0. The van der Waals surface area contributed by atoms with Gasteiger partial charge < -0.3 is 15.2 Å². The molecule has 1 aromatic rings. The maximum Gasteiger partial charge on any atom is 0.406 e. The Labute approximate surface area is 108 Å². The summed E-state index contributed by atoms with van der Waals surface area (Å²) in [5, 5.41) is 5.62. The van der Waals surface area contributed by atoms with Gasteiger partial charge in [0.25, 0.3) is 0 Å². The van der Waals surface area contributed by atoms with Crippen molar-refractivity contribution in [2.45, 2.75) is 38.1 Å². The third kappa shape index (κ3) is 3.95. The van der Waals surface area contributed by atoms with Gasteiger partial charge in [-0.25, -0.2) is 4.98 Å². The van der Waals surface area contributed by atoms with E-state index in [0.717, 1.165) is 24.0 Å². The van der Waals surface area contributed by atoms with Crippen LogP contribution in [0.1, 0.15) is 18.7 Å². The number of carbonyl (C=O) groups excluding carboxylic acids is 1. The van der Waals surface area contributed by atoms with Gasteiger partial charge in [-0.2, -0.15) is 13.2 Å². The molecule has 0 bridgehead atoms. The van der Waals surface area contributed by atoms with E-state index >= 15 is 0 Å². The lowest BCUT2D eigenvalue weighted by atomic mass is 10.2. The van der Waals surface area contributed by atoms with Crippen molar-refractivity contribution in [3.63, 3.8) is 0 Å². The van der Waals surface area contributed by atoms with E-state index in [4.69, 9.17) is 0 Å². The second-order valence-electron chi connectivity index (χ2n) is 4.45.